The van der Waals surface area contributed by atoms with Gasteiger partial charge < -0.3 is 33.8 Å². The molecule has 5 atom stereocenters. The SMILES string of the molecule is CCCCCCCCCCCCCCCCCCCCCCC(=O)O[C@H](COC(=O)CCCCCCCCCCCCCCC)COP(=O)(O)OC[C@@H](O)COP(=O)(O)OC[C@@H](COC(=O)CCCCCCCCCC(C)C)OC(=O)CCCCCCCCCCCCCCC. The van der Waals surface area contributed by atoms with Crippen molar-refractivity contribution in [3.05, 3.63) is 0 Å². The van der Waals surface area contributed by atoms with Crippen molar-refractivity contribution in [3.8, 4) is 0 Å². The van der Waals surface area contributed by atoms with Gasteiger partial charge in [0.05, 0.1) is 26.4 Å². The lowest BCUT2D eigenvalue weighted by Gasteiger charge is -2.21. The molecule has 2 unspecified atom stereocenters. The zero-order valence-corrected chi connectivity index (χ0v) is 64.3. The normalized spacial score (nSPS) is 13.9. The third-order valence-corrected chi connectivity index (χ3v) is 19.9. The van der Waals surface area contributed by atoms with Crippen LogP contribution in [0.2, 0.25) is 0 Å². The smallest absolute Gasteiger partial charge is 0.462 e. The molecule has 0 saturated heterocycles. The van der Waals surface area contributed by atoms with Crippen molar-refractivity contribution < 1.29 is 80.2 Å². The molecule has 0 aromatic rings. The molecule has 17 nitrogen and oxygen atoms in total. The van der Waals surface area contributed by atoms with Gasteiger partial charge in [-0.05, 0) is 31.6 Å². The minimum absolute atomic E-state index is 0.107. The molecule has 0 heterocycles. The number of carbonyl (C=O) groups is 4. The fraction of sp³-hybridized carbons (Fsp3) is 0.948. The van der Waals surface area contributed by atoms with Gasteiger partial charge in [0.25, 0.3) is 0 Å². The Hall–Kier alpha value is -1.94. The van der Waals surface area contributed by atoms with E-state index in [1.807, 2.05) is 0 Å². The maximum Gasteiger partial charge on any atom is 0.472 e. The van der Waals surface area contributed by atoms with Gasteiger partial charge in [0.15, 0.2) is 12.2 Å². The Balaban J connectivity index is 5.21. The number of esters is 4. The summed E-state index contributed by atoms with van der Waals surface area (Å²) < 4.78 is 68.5. The summed E-state index contributed by atoms with van der Waals surface area (Å²) in [6.07, 6.45) is 59.7. The first-order valence-electron chi connectivity index (χ1n) is 40.1. The maximum absolute atomic E-state index is 13.1. The molecule has 0 fully saturated rings. The fourth-order valence-corrected chi connectivity index (χ4v) is 13.5. The standard InChI is InChI=1S/C77H150O17P2/c1-6-9-12-15-18-21-24-27-28-29-30-31-32-33-36-39-42-47-53-58-63-77(82)93-72(66-87-74(79)60-55-50-45-40-37-34-25-22-19-16-13-10-7-2)68-91-95(83,84)89-64-71(78)65-90-96(85,86)92-69-73(67-88-75(80)61-56-51-48-43-44-49-54-59-70(4)5)94-76(81)62-57-52-46-41-38-35-26-23-20-17-14-11-8-3/h70-73,78H,6-69H2,1-5H3,(H,83,84)(H,85,86)/t71-,72-,73-/m1/s1. The van der Waals surface area contributed by atoms with Gasteiger partial charge in [-0.1, -0.05) is 356 Å². The number of rotatable bonds is 77. The quantitative estimate of drug-likeness (QED) is 0.0222. The summed E-state index contributed by atoms with van der Waals surface area (Å²) in [5.74, 6) is -1.41. The van der Waals surface area contributed by atoms with Crippen LogP contribution in [0.15, 0.2) is 0 Å². The maximum atomic E-state index is 13.1. The highest BCUT2D eigenvalue weighted by molar-refractivity contribution is 7.47. The predicted octanol–water partition coefficient (Wildman–Crippen LogP) is 22.9. The summed E-state index contributed by atoms with van der Waals surface area (Å²) >= 11 is 0. The lowest BCUT2D eigenvalue weighted by molar-refractivity contribution is -0.161. The number of aliphatic hydroxyl groups is 1. The van der Waals surface area contributed by atoms with E-state index >= 15 is 0 Å². The third-order valence-electron chi connectivity index (χ3n) is 18.0. The average molecular weight is 1410 g/mol. The fourth-order valence-electron chi connectivity index (χ4n) is 11.9. The molecule has 0 aliphatic rings. The highest BCUT2D eigenvalue weighted by Crippen LogP contribution is 2.45. The topological polar surface area (TPSA) is 237 Å². The van der Waals surface area contributed by atoms with Gasteiger partial charge in [0.2, 0.25) is 0 Å². The summed E-state index contributed by atoms with van der Waals surface area (Å²) in [5, 5.41) is 10.6. The molecular formula is C77H150O17P2. The highest BCUT2D eigenvalue weighted by Gasteiger charge is 2.30. The third kappa shape index (κ3) is 70.5. The van der Waals surface area contributed by atoms with Crippen LogP contribution in [0, 0.1) is 5.92 Å². The van der Waals surface area contributed by atoms with E-state index in [4.69, 9.17) is 37.0 Å². The lowest BCUT2D eigenvalue weighted by atomic mass is 10.0. The van der Waals surface area contributed by atoms with Crippen LogP contribution in [0.25, 0.3) is 0 Å². The van der Waals surface area contributed by atoms with Crippen LogP contribution in [-0.2, 0) is 65.4 Å². The molecule has 96 heavy (non-hydrogen) atoms. The summed E-state index contributed by atoms with van der Waals surface area (Å²) in [6.45, 7) is 7.25. The molecule has 0 aromatic heterocycles. The van der Waals surface area contributed by atoms with Crippen LogP contribution in [0.3, 0.4) is 0 Å². The summed E-state index contributed by atoms with van der Waals surface area (Å²) in [5.41, 5.74) is 0. The highest BCUT2D eigenvalue weighted by atomic mass is 31.2. The first kappa shape index (κ1) is 94.1. The number of hydrogen-bond acceptors (Lipinski definition) is 15. The van der Waals surface area contributed by atoms with Crippen LogP contribution in [-0.4, -0.2) is 96.7 Å². The van der Waals surface area contributed by atoms with Crippen LogP contribution in [0.4, 0.5) is 0 Å². The number of hydrogen-bond donors (Lipinski definition) is 3. The van der Waals surface area contributed by atoms with Crippen LogP contribution in [0.5, 0.6) is 0 Å². The molecule has 0 aromatic carbocycles. The van der Waals surface area contributed by atoms with Crippen molar-refractivity contribution in [1.82, 2.24) is 0 Å². The van der Waals surface area contributed by atoms with Crippen molar-refractivity contribution in [2.45, 2.75) is 425 Å². The summed E-state index contributed by atoms with van der Waals surface area (Å²) in [7, 11) is -9.91. The van der Waals surface area contributed by atoms with Crippen LogP contribution < -0.4 is 0 Å². The van der Waals surface area contributed by atoms with Gasteiger partial charge in [-0.15, -0.1) is 0 Å². The van der Waals surface area contributed by atoms with Gasteiger partial charge in [-0.25, -0.2) is 9.13 Å². The van der Waals surface area contributed by atoms with E-state index in [0.717, 1.165) is 96.3 Å². The van der Waals surface area contributed by atoms with Crippen molar-refractivity contribution >= 4 is 39.5 Å². The van der Waals surface area contributed by atoms with E-state index < -0.39 is 97.5 Å². The van der Waals surface area contributed by atoms with Gasteiger partial charge in [-0.3, -0.25) is 37.3 Å². The van der Waals surface area contributed by atoms with E-state index in [1.165, 1.54) is 225 Å². The predicted molar refractivity (Wildman–Crippen MR) is 391 cm³/mol. The molecule has 0 spiro atoms. The minimum Gasteiger partial charge on any atom is -0.462 e. The summed E-state index contributed by atoms with van der Waals surface area (Å²) in [4.78, 5) is 72.8. The van der Waals surface area contributed by atoms with Gasteiger partial charge in [-0.2, -0.15) is 0 Å². The Morgan fingerprint density at radius 1 is 0.281 bits per heavy atom. The number of phosphoric ester groups is 2. The van der Waals surface area contributed by atoms with Crippen molar-refractivity contribution in [3.63, 3.8) is 0 Å². The second kappa shape index (κ2) is 70.1. The van der Waals surface area contributed by atoms with Gasteiger partial charge in [0.1, 0.15) is 19.3 Å². The molecule has 0 aliphatic heterocycles. The Labute approximate surface area is 588 Å². The molecular weight excluding hydrogens is 1260 g/mol. The second-order valence-electron chi connectivity index (χ2n) is 28.2. The molecule has 0 amide bonds. The van der Waals surface area contributed by atoms with Crippen LogP contribution >= 0.6 is 15.6 Å². The largest absolute Gasteiger partial charge is 0.472 e. The minimum atomic E-state index is -4.96. The Bertz CT molecular complexity index is 1840. The first-order chi connectivity index (χ1) is 46.5. The zero-order chi connectivity index (χ0) is 70.5. The first-order valence-corrected chi connectivity index (χ1v) is 43.1. The van der Waals surface area contributed by atoms with Gasteiger partial charge in [0, 0.05) is 25.7 Å². The molecule has 19 heteroatoms. The van der Waals surface area contributed by atoms with Crippen molar-refractivity contribution in [2.75, 3.05) is 39.6 Å². The second-order valence-corrected chi connectivity index (χ2v) is 31.1. The number of phosphoric acid groups is 2. The van der Waals surface area contributed by atoms with E-state index in [-0.39, 0.29) is 25.7 Å². The van der Waals surface area contributed by atoms with Crippen molar-refractivity contribution in [2.24, 2.45) is 5.92 Å². The number of ether oxygens (including phenoxy) is 4. The molecule has 0 radical (unpaired) electrons. The monoisotopic (exact) mass is 1410 g/mol. The van der Waals surface area contributed by atoms with Gasteiger partial charge >= 0.3 is 39.5 Å². The number of aliphatic hydroxyl groups excluding tert-OH is 1. The molecule has 0 bridgehead atoms. The molecule has 0 saturated carbocycles. The molecule has 0 rings (SSSR count). The molecule has 570 valence electrons. The Kier molecular flexibility index (Phi) is 68.7. The molecule has 3 N–H and O–H groups in total. The zero-order valence-electron chi connectivity index (χ0n) is 62.5. The van der Waals surface area contributed by atoms with Crippen molar-refractivity contribution in [1.29, 1.82) is 0 Å². The van der Waals surface area contributed by atoms with Crippen LogP contribution in [0.1, 0.15) is 407 Å². The van der Waals surface area contributed by atoms with E-state index in [1.54, 1.807) is 0 Å². The van der Waals surface area contributed by atoms with E-state index in [2.05, 4.69) is 34.6 Å². The lowest BCUT2D eigenvalue weighted by Crippen LogP contribution is -2.30. The molecule has 0 aliphatic carbocycles. The summed E-state index contributed by atoms with van der Waals surface area (Å²) in [6, 6.07) is 0. The van der Waals surface area contributed by atoms with E-state index in [0.29, 0.717) is 31.6 Å². The average Bonchev–Trinajstić information content (AvgIpc) is 1.75. The Morgan fingerprint density at radius 3 is 0.708 bits per heavy atom. The number of unbranched alkanes of at least 4 members (excludes halogenated alkanes) is 49. The van der Waals surface area contributed by atoms with E-state index in [9.17, 15) is 43.2 Å². The number of carbonyl (C=O) groups excluding carboxylic acids is 4. The Morgan fingerprint density at radius 2 is 0.479 bits per heavy atom.